The molecule has 1 aliphatic heterocycles. The van der Waals surface area contributed by atoms with E-state index in [1.54, 1.807) is 0 Å². The molecule has 9 heteroatoms. The predicted molar refractivity (Wildman–Crippen MR) is 106 cm³/mol. The minimum absolute atomic E-state index is 0.145. The molecule has 0 aromatic rings. The van der Waals surface area contributed by atoms with Crippen molar-refractivity contribution in [2.75, 3.05) is 13.2 Å². The Labute approximate surface area is 173 Å². The van der Waals surface area contributed by atoms with E-state index in [1.807, 2.05) is 6.92 Å². The second kappa shape index (κ2) is 14.2. The molecule has 29 heavy (non-hydrogen) atoms. The van der Waals surface area contributed by atoms with Gasteiger partial charge in [-0.3, -0.25) is 4.79 Å². The average Bonchev–Trinajstić information content (AvgIpc) is 2.70. The summed E-state index contributed by atoms with van der Waals surface area (Å²) in [6.07, 6.45) is -1.06. The van der Waals surface area contributed by atoms with Crippen molar-refractivity contribution in [3.63, 3.8) is 0 Å². The van der Waals surface area contributed by atoms with E-state index < -0.39 is 49.5 Å². The highest BCUT2D eigenvalue weighted by Crippen LogP contribution is 2.22. The first kappa shape index (κ1) is 26.2. The fraction of sp³-hybridized carbons (Fsp3) is 0.950. The molecule has 6 N–H and O–H groups in total. The van der Waals surface area contributed by atoms with Crippen molar-refractivity contribution >= 4 is 5.91 Å². The summed E-state index contributed by atoms with van der Waals surface area (Å²) in [5.74, 6) is -0.208. The minimum atomic E-state index is -1.54. The van der Waals surface area contributed by atoms with E-state index in [2.05, 4.69) is 12.2 Å². The van der Waals surface area contributed by atoms with Gasteiger partial charge in [-0.25, -0.2) is 0 Å². The number of carbonyl (C=O) groups is 1. The van der Waals surface area contributed by atoms with Gasteiger partial charge in [-0.15, -0.1) is 0 Å². The third-order valence-electron chi connectivity index (χ3n) is 5.18. The van der Waals surface area contributed by atoms with Crippen LogP contribution in [0.15, 0.2) is 0 Å². The highest BCUT2D eigenvalue weighted by Gasteiger charge is 2.44. The molecule has 0 spiro atoms. The van der Waals surface area contributed by atoms with Crippen LogP contribution in [-0.2, 0) is 14.3 Å². The molecule has 0 aromatic carbocycles. The molecule has 172 valence electrons. The lowest BCUT2D eigenvalue weighted by Gasteiger charge is -2.40. The van der Waals surface area contributed by atoms with E-state index in [4.69, 9.17) is 9.47 Å². The second-order valence-corrected chi connectivity index (χ2v) is 7.72. The molecule has 0 radical (unpaired) electrons. The van der Waals surface area contributed by atoms with Gasteiger partial charge in [0.2, 0.25) is 5.91 Å². The van der Waals surface area contributed by atoms with Crippen LogP contribution < -0.4 is 5.32 Å². The molecule has 7 unspecified atom stereocenters. The molecular formula is C20H39NO8. The topological polar surface area (TPSA) is 149 Å². The van der Waals surface area contributed by atoms with Crippen LogP contribution in [0.25, 0.3) is 0 Å². The van der Waals surface area contributed by atoms with Gasteiger partial charge in [0.25, 0.3) is 0 Å². The third kappa shape index (κ3) is 8.84. The zero-order valence-corrected chi connectivity index (χ0v) is 17.6. The maximum absolute atomic E-state index is 12.0. The van der Waals surface area contributed by atoms with Crippen LogP contribution in [0.4, 0.5) is 0 Å². The van der Waals surface area contributed by atoms with Gasteiger partial charge in [0, 0.05) is 6.42 Å². The molecule has 1 fully saturated rings. The number of aliphatic hydroxyl groups excluding tert-OH is 5. The molecule has 1 heterocycles. The lowest BCUT2D eigenvalue weighted by Crippen LogP contribution is -2.60. The number of hydrogen-bond donors (Lipinski definition) is 6. The molecule has 0 aliphatic carbocycles. The zero-order valence-electron chi connectivity index (χ0n) is 17.6. The van der Waals surface area contributed by atoms with Crippen LogP contribution in [0, 0.1) is 0 Å². The third-order valence-corrected chi connectivity index (χ3v) is 5.18. The Hall–Kier alpha value is -0.810. The number of ether oxygens (including phenoxy) is 2. The number of hydrogen-bond acceptors (Lipinski definition) is 8. The van der Waals surface area contributed by atoms with Gasteiger partial charge in [0.05, 0.1) is 25.4 Å². The first-order valence-corrected chi connectivity index (χ1v) is 10.7. The Bertz CT molecular complexity index is 450. The Morgan fingerprint density at radius 3 is 2.34 bits per heavy atom. The van der Waals surface area contributed by atoms with E-state index >= 15 is 0 Å². The Morgan fingerprint density at radius 1 is 1.03 bits per heavy atom. The van der Waals surface area contributed by atoms with Crippen molar-refractivity contribution in [2.45, 2.75) is 108 Å². The standard InChI is InChI=1S/C20H39NO8/c1-3-5-6-7-8-10-14(23)13(21-16(24)9-4-2)12-28-20-19(27)18(26)17(25)15(11-22)29-20/h13-15,17-20,22-23,25-27H,3-12H2,1-2H3,(H,21,24). The van der Waals surface area contributed by atoms with E-state index in [-0.39, 0.29) is 12.5 Å². The number of aliphatic hydroxyl groups is 5. The van der Waals surface area contributed by atoms with Crippen LogP contribution in [-0.4, -0.2) is 87.5 Å². The van der Waals surface area contributed by atoms with Gasteiger partial charge in [-0.1, -0.05) is 46.0 Å². The highest BCUT2D eigenvalue weighted by atomic mass is 16.7. The summed E-state index contributed by atoms with van der Waals surface area (Å²) in [4.78, 5) is 12.0. The van der Waals surface area contributed by atoms with Crippen LogP contribution in [0.3, 0.4) is 0 Å². The first-order chi connectivity index (χ1) is 13.8. The van der Waals surface area contributed by atoms with Crippen LogP contribution in [0.1, 0.15) is 65.2 Å². The minimum Gasteiger partial charge on any atom is -0.394 e. The number of unbranched alkanes of at least 4 members (excludes halogenated alkanes) is 4. The Morgan fingerprint density at radius 2 is 1.72 bits per heavy atom. The fourth-order valence-corrected chi connectivity index (χ4v) is 3.32. The first-order valence-electron chi connectivity index (χ1n) is 10.7. The number of nitrogens with one attached hydrogen (secondary N) is 1. The van der Waals surface area contributed by atoms with Gasteiger partial charge >= 0.3 is 0 Å². The monoisotopic (exact) mass is 421 g/mol. The molecule has 0 saturated carbocycles. The molecule has 7 atom stereocenters. The number of carbonyl (C=O) groups excluding carboxylic acids is 1. The number of amides is 1. The van der Waals surface area contributed by atoms with Crippen molar-refractivity contribution in [1.29, 1.82) is 0 Å². The molecule has 1 amide bonds. The summed E-state index contributed by atoms with van der Waals surface area (Å²) >= 11 is 0. The van der Waals surface area contributed by atoms with Crippen LogP contribution >= 0.6 is 0 Å². The van der Waals surface area contributed by atoms with Crippen molar-refractivity contribution < 1.29 is 39.8 Å². The summed E-state index contributed by atoms with van der Waals surface area (Å²) in [6, 6.07) is -0.701. The van der Waals surface area contributed by atoms with Crippen LogP contribution in [0.2, 0.25) is 0 Å². The molecular weight excluding hydrogens is 382 g/mol. The SMILES string of the molecule is CCCCCCCC(O)C(COC1OC(CO)C(O)C(O)C1O)NC(=O)CCC. The lowest BCUT2D eigenvalue weighted by atomic mass is 9.99. The second-order valence-electron chi connectivity index (χ2n) is 7.72. The van der Waals surface area contributed by atoms with Gasteiger partial charge in [0.15, 0.2) is 6.29 Å². The number of rotatable bonds is 14. The largest absolute Gasteiger partial charge is 0.394 e. The molecule has 1 rings (SSSR count). The normalized spacial score (nSPS) is 29.4. The van der Waals surface area contributed by atoms with Crippen molar-refractivity contribution in [2.24, 2.45) is 0 Å². The maximum atomic E-state index is 12.0. The van der Waals surface area contributed by atoms with E-state index in [1.165, 1.54) is 0 Å². The van der Waals surface area contributed by atoms with E-state index in [9.17, 15) is 30.3 Å². The molecule has 0 aromatic heterocycles. The summed E-state index contributed by atoms with van der Waals surface area (Å²) < 4.78 is 10.8. The van der Waals surface area contributed by atoms with Gasteiger partial charge in [-0.05, 0) is 12.8 Å². The summed E-state index contributed by atoms with van der Waals surface area (Å²) in [5.41, 5.74) is 0. The quantitative estimate of drug-likeness (QED) is 0.211. The van der Waals surface area contributed by atoms with Gasteiger partial charge in [-0.2, -0.15) is 0 Å². The zero-order chi connectivity index (χ0) is 21.8. The van der Waals surface area contributed by atoms with Crippen molar-refractivity contribution in [3.8, 4) is 0 Å². The molecule has 0 bridgehead atoms. The fourth-order valence-electron chi connectivity index (χ4n) is 3.32. The van der Waals surface area contributed by atoms with Crippen LogP contribution in [0.5, 0.6) is 0 Å². The summed E-state index contributed by atoms with van der Waals surface area (Å²) in [7, 11) is 0. The molecule has 1 aliphatic rings. The van der Waals surface area contributed by atoms with Gasteiger partial charge < -0.3 is 40.3 Å². The predicted octanol–water partition coefficient (Wildman–Crippen LogP) is -0.191. The molecule has 1 saturated heterocycles. The maximum Gasteiger partial charge on any atom is 0.220 e. The highest BCUT2D eigenvalue weighted by molar-refractivity contribution is 5.76. The average molecular weight is 422 g/mol. The van der Waals surface area contributed by atoms with Crippen molar-refractivity contribution in [3.05, 3.63) is 0 Å². The Kier molecular flexibility index (Phi) is 12.9. The Balaban J connectivity index is 2.64. The summed E-state index contributed by atoms with van der Waals surface area (Å²) in [6.45, 7) is 3.31. The molecule has 9 nitrogen and oxygen atoms in total. The smallest absolute Gasteiger partial charge is 0.220 e. The van der Waals surface area contributed by atoms with Gasteiger partial charge in [0.1, 0.15) is 24.4 Å². The van der Waals surface area contributed by atoms with E-state index in [0.717, 1.165) is 32.1 Å². The van der Waals surface area contributed by atoms with Crippen molar-refractivity contribution in [1.82, 2.24) is 5.32 Å². The summed E-state index contributed by atoms with van der Waals surface area (Å²) in [5, 5.41) is 52.3. The van der Waals surface area contributed by atoms with E-state index in [0.29, 0.717) is 19.3 Å². The lowest BCUT2D eigenvalue weighted by molar-refractivity contribution is -0.302.